The van der Waals surface area contributed by atoms with E-state index in [0.717, 1.165) is 51.9 Å². The summed E-state index contributed by atoms with van der Waals surface area (Å²) in [5, 5.41) is 2.34. The third-order valence-corrected chi connectivity index (χ3v) is 11.7. The Kier molecular flexibility index (Phi) is 27.8. The van der Waals surface area contributed by atoms with Crippen LogP contribution in [0.3, 0.4) is 0 Å². The SMILES string of the molecule is CCCCCCCCCCC[C@H](CC(=O)O[C@@H]1[C@H](NC(=O)OCC(Cl)(Cl)Cl)[C@@H](OC(C)=O)O[C@H](COC(=O)OCC(Cl)(Cl)Cl)[C@H]1OP(=O)(Oc1ccccc1)Oc1ccccc1)OC(=O)OCC(Cl)(Cl)Cl. The highest BCUT2D eigenvalue weighted by atomic mass is 35.6. The minimum absolute atomic E-state index is 0.0546. The molecule has 0 aliphatic carbocycles. The minimum atomic E-state index is -5.09. The predicted octanol–water partition coefficient (Wildman–Crippen LogP) is 13.0. The molecular formula is C43H53Cl9NO17P. The Hall–Kier alpha value is -2.45. The number of ether oxygens (including phenoxy) is 8. The van der Waals surface area contributed by atoms with Gasteiger partial charge in [0.15, 0.2) is 6.10 Å². The molecule has 0 aromatic heterocycles. The van der Waals surface area contributed by atoms with Gasteiger partial charge in [-0.05, 0) is 37.1 Å². The first kappa shape index (κ1) is 62.8. The van der Waals surface area contributed by atoms with Gasteiger partial charge in [-0.2, -0.15) is 0 Å². The molecule has 0 radical (unpaired) electrons. The van der Waals surface area contributed by atoms with Gasteiger partial charge in [-0.25, -0.2) is 18.9 Å². The number of esters is 2. The monoisotopic (exact) mass is 1200 g/mol. The summed E-state index contributed by atoms with van der Waals surface area (Å²) in [6.45, 7) is -0.168. The molecule has 1 fully saturated rings. The molecule has 1 aliphatic heterocycles. The molecule has 1 amide bonds. The summed E-state index contributed by atoms with van der Waals surface area (Å²) in [7, 11) is -5.09. The minimum Gasteiger partial charge on any atom is -0.457 e. The summed E-state index contributed by atoms with van der Waals surface area (Å²) < 4.78 is 69.9. The van der Waals surface area contributed by atoms with Crippen LogP contribution in [0.4, 0.5) is 14.4 Å². The number of para-hydroxylation sites is 2. The van der Waals surface area contributed by atoms with E-state index in [1.165, 1.54) is 24.3 Å². The molecule has 0 unspecified atom stereocenters. The Morgan fingerprint density at radius 3 is 1.65 bits per heavy atom. The van der Waals surface area contributed by atoms with E-state index < -0.39 is 119 Å². The highest BCUT2D eigenvalue weighted by Gasteiger charge is 2.55. The number of hydrogen-bond donors (Lipinski definition) is 1. The Morgan fingerprint density at radius 2 is 1.14 bits per heavy atom. The van der Waals surface area contributed by atoms with Crippen LogP contribution in [-0.4, -0.2) is 105 Å². The number of benzene rings is 2. The molecule has 1 heterocycles. The zero-order valence-corrected chi connectivity index (χ0v) is 45.8. The number of nitrogens with one attached hydrogen (secondary N) is 1. The van der Waals surface area contributed by atoms with Crippen molar-refractivity contribution in [2.45, 2.75) is 133 Å². The number of halogens is 9. The van der Waals surface area contributed by atoms with Gasteiger partial charge in [0.25, 0.3) is 0 Å². The topological polar surface area (TPSA) is 216 Å². The average molecular weight is 1210 g/mol. The largest absolute Gasteiger partial charge is 0.588 e. The normalized spacial score (nSPS) is 18.8. The maximum absolute atomic E-state index is 15.1. The fourth-order valence-electron chi connectivity index (χ4n) is 6.39. The van der Waals surface area contributed by atoms with Gasteiger partial charge in [0.05, 0.1) is 6.42 Å². The molecule has 400 valence electrons. The van der Waals surface area contributed by atoms with Gasteiger partial charge in [-0.3, -0.25) is 14.1 Å². The van der Waals surface area contributed by atoms with E-state index in [-0.39, 0.29) is 17.9 Å². The Bertz CT molecular complexity index is 1950. The summed E-state index contributed by atoms with van der Waals surface area (Å²) in [5.41, 5.74) is 0. The van der Waals surface area contributed by atoms with E-state index in [1.54, 1.807) is 36.4 Å². The van der Waals surface area contributed by atoms with Crippen LogP contribution < -0.4 is 14.4 Å². The first-order valence-electron chi connectivity index (χ1n) is 21.9. The fourth-order valence-corrected chi connectivity index (χ4v) is 8.32. The third kappa shape index (κ3) is 27.6. The van der Waals surface area contributed by atoms with Crippen molar-refractivity contribution in [2.24, 2.45) is 0 Å². The van der Waals surface area contributed by atoms with E-state index in [1.807, 2.05) is 0 Å². The maximum Gasteiger partial charge on any atom is 0.588 e. The van der Waals surface area contributed by atoms with Gasteiger partial charge < -0.3 is 52.3 Å². The molecule has 1 aliphatic rings. The molecule has 2 aromatic carbocycles. The molecule has 3 rings (SSSR count). The van der Waals surface area contributed by atoms with Crippen molar-refractivity contribution >= 4 is 143 Å². The van der Waals surface area contributed by atoms with Gasteiger partial charge >= 0.3 is 38.2 Å². The average Bonchev–Trinajstić information content (AvgIpc) is 3.27. The molecule has 6 atom stereocenters. The van der Waals surface area contributed by atoms with Crippen LogP contribution in [-0.2, 0) is 56.6 Å². The first-order chi connectivity index (χ1) is 33.3. The molecule has 0 saturated carbocycles. The van der Waals surface area contributed by atoms with Crippen LogP contribution in [0.2, 0.25) is 0 Å². The number of carbonyl (C=O) groups excluding carboxylic acids is 5. The highest BCUT2D eigenvalue weighted by molar-refractivity contribution is 7.49. The molecular weight excluding hydrogens is 1150 g/mol. The molecule has 1 saturated heterocycles. The first-order valence-corrected chi connectivity index (χ1v) is 26.8. The standard InChI is InChI=1S/C43H53Cl9NO17P/c1-3-4-5-6-7-8-9-10-13-22-31(65-40(58)63-27-43(50,51)52)23-33(55)67-36-34(53-38(56)61-25-41(44,45)46)37(64-28(2)54)66-32(24-60-39(57)62-26-42(47,48)49)35(36)70-71(59,68-29-18-14-11-15-19-29)69-30-20-16-12-17-21-30/h11-12,14-21,31-32,34-37H,3-10,13,22-27H2,1-2H3,(H,53,56)/t31-,32-,34+,35-,36-,37+/m1/s1. The molecule has 0 spiro atoms. The number of alkyl halides is 9. The number of carbonyl (C=O) groups is 5. The predicted molar refractivity (Wildman–Crippen MR) is 266 cm³/mol. The van der Waals surface area contributed by atoms with Crippen molar-refractivity contribution in [1.29, 1.82) is 0 Å². The second-order valence-electron chi connectivity index (χ2n) is 15.5. The number of rotatable bonds is 27. The van der Waals surface area contributed by atoms with Crippen molar-refractivity contribution in [3.63, 3.8) is 0 Å². The van der Waals surface area contributed by atoms with Crippen LogP contribution in [0.25, 0.3) is 0 Å². The summed E-state index contributed by atoms with van der Waals surface area (Å²) in [4.78, 5) is 66.1. The van der Waals surface area contributed by atoms with E-state index >= 15 is 4.57 Å². The van der Waals surface area contributed by atoms with E-state index in [0.29, 0.717) is 12.8 Å². The Morgan fingerprint density at radius 1 is 0.648 bits per heavy atom. The van der Waals surface area contributed by atoms with Crippen molar-refractivity contribution in [3.8, 4) is 11.5 Å². The molecule has 0 bridgehead atoms. The van der Waals surface area contributed by atoms with Crippen molar-refractivity contribution in [2.75, 3.05) is 26.4 Å². The van der Waals surface area contributed by atoms with Crippen molar-refractivity contribution in [1.82, 2.24) is 5.32 Å². The maximum atomic E-state index is 15.1. The molecule has 1 N–H and O–H groups in total. The van der Waals surface area contributed by atoms with Crippen LogP contribution in [0.5, 0.6) is 11.5 Å². The number of unbranched alkanes of at least 4 members (excludes halogenated alkanes) is 8. The van der Waals surface area contributed by atoms with Gasteiger partial charge in [-0.1, -0.05) is 199 Å². The lowest BCUT2D eigenvalue weighted by Gasteiger charge is -2.45. The van der Waals surface area contributed by atoms with Crippen LogP contribution >= 0.6 is 112 Å². The van der Waals surface area contributed by atoms with Crippen molar-refractivity contribution in [3.05, 3.63) is 60.7 Å². The lowest BCUT2D eigenvalue weighted by atomic mass is 9.96. The van der Waals surface area contributed by atoms with Crippen LogP contribution in [0, 0.1) is 0 Å². The zero-order valence-electron chi connectivity index (χ0n) is 38.1. The second-order valence-corrected chi connectivity index (χ2v) is 24.5. The number of alkyl carbamates (subject to hydrolysis) is 1. The number of amides is 1. The Labute approximate surface area is 456 Å². The van der Waals surface area contributed by atoms with Gasteiger partial charge in [-0.15, -0.1) is 0 Å². The van der Waals surface area contributed by atoms with Crippen LogP contribution in [0.1, 0.15) is 84.5 Å². The molecule has 18 nitrogen and oxygen atoms in total. The van der Waals surface area contributed by atoms with E-state index in [9.17, 15) is 24.0 Å². The quantitative estimate of drug-likeness (QED) is 0.0289. The summed E-state index contributed by atoms with van der Waals surface area (Å²) in [6, 6.07) is 13.2. The highest BCUT2D eigenvalue weighted by Crippen LogP contribution is 2.52. The van der Waals surface area contributed by atoms with E-state index in [2.05, 4.69) is 12.2 Å². The second kappa shape index (κ2) is 31.4. The number of hydrogen-bond acceptors (Lipinski definition) is 17. The van der Waals surface area contributed by atoms with Crippen LogP contribution in [0.15, 0.2) is 60.7 Å². The summed E-state index contributed by atoms with van der Waals surface area (Å²) in [6.07, 6.45) is -5.34. The fraction of sp³-hybridized carbons (Fsp3) is 0.605. The summed E-state index contributed by atoms with van der Waals surface area (Å²) >= 11 is 52.0. The van der Waals surface area contributed by atoms with Gasteiger partial charge in [0.2, 0.25) is 17.7 Å². The van der Waals surface area contributed by atoms with Gasteiger partial charge in [0, 0.05) is 6.92 Å². The van der Waals surface area contributed by atoms with Crippen molar-refractivity contribution < 1.29 is 80.0 Å². The lowest BCUT2D eigenvalue weighted by molar-refractivity contribution is -0.263. The molecule has 71 heavy (non-hydrogen) atoms. The molecule has 28 heteroatoms. The lowest BCUT2D eigenvalue weighted by Crippen LogP contribution is -2.66. The molecule has 2 aromatic rings. The van der Waals surface area contributed by atoms with Gasteiger partial charge in [0.1, 0.15) is 62.3 Å². The summed E-state index contributed by atoms with van der Waals surface area (Å²) in [5.74, 6) is -2.30. The number of phosphoric acid groups is 1. The third-order valence-electron chi connectivity index (χ3n) is 9.38. The van der Waals surface area contributed by atoms with E-state index in [4.69, 9.17) is 156 Å². The smallest absolute Gasteiger partial charge is 0.457 e. The number of phosphoric ester groups is 1. The zero-order chi connectivity index (χ0) is 52.7. The Balaban J connectivity index is 2.14.